The SMILES string of the molecule is COc1ccc2nc(NC(=O)c3ccc(OC)c(N=O)c3)sc2c1. The molecule has 0 spiro atoms. The monoisotopic (exact) mass is 343 g/mol. The molecule has 0 saturated carbocycles. The first-order valence-corrected chi connectivity index (χ1v) is 7.73. The molecule has 3 rings (SSSR count). The van der Waals surface area contributed by atoms with Crippen LogP contribution in [0.4, 0.5) is 10.8 Å². The minimum Gasteiger partial charge on any atom is -0.497 e. The van der Waals surface area contributed by atoms with Crippen LogP contribution in [0.25, 0.3) is 10.2 Å². The number of hydrogen-bond acceptors (Lipinski definition) is 7. The van der Waals surface area contributed by atoms with Gasteiger partial charge in [0.25, 0.3) is 5.91 Å². The van der Waals surface area contributed by atoms with Gasteiger partial charge in [-0.05, 0) is 41.6 Å². The third-order valence-electron chi connectivity index (χ3n) is 3.36. The van der Waals surface area contributed by atoms with Crippen molar-refractivity contribution in [1.29, 1.82) is 0 Å². The van der Waals surface area contributed by atoms with Crippen LogP contribution in [-0.4, -0.2) is 25.1 Å². The molecule has 1 amide bonds. The third kappa shape index (κ3) is 3.04. The molecular formula is C16H13N3O4S. The fourth-order valence-corrected chi connectivity index (χ4v) is 3.05. The minimum absolute atomic E-state index is 0.0687. The molecule has 0 saturated heterocycles. The van der Waals surface area contributed by atoms with E-state index in [1.165, 1.54) is 30.6 Å². The van der Waals surface area contributed by atoms with E-state index in [9.17, 15) is 9.70 Å². The minimum atomic E-state index is -0.381. The fraction of sp³-hybridized carbons (Fsp3) is 0.125. The highest BCUT2D eigenvalue weighted by Crippen LogP contribution is 2.31. The summed E-state index contributed by atoms with van der Waals surface area (Å²) in [6.07, 6.45) is 0. The van der Waals surface area contributed by atoms with Gasteiger partial charge in [0.1, 0.15) is 11.5 Å². The second-order valence-corrected chi connectivity index (χ2v) is 5.82. The van der Waals surface area contributed by atoms with Crippen LogP contribution < -0.4 is 14.8 Å². The van der Waals surface area contributed by atoms with E-state index in [4.69, 9.17) is 9.47 Å². The van der Waals surface area contributed by atoms with Gasteiger partial charge in [-0.1, -0.05) is 11.3 Å². The van der Waals surface area contributed by atoms with Gasteiger partial charge in [0, 0.05) is 5.56 Å². The summed E-state index contributed by atoms with van der Waals surface area (Å²) >= 11 is 1.33. The Balaban J connectivity index is 1.85. The van der Waals surface area contributed by atoms with Gasteiger partial charge in [0.15, 0.2) is 10.8 Å². The Kier molecular flexibility index (Phi) is 4.39. The lowest BCUT2D eigenvalue weighted by molar-refractivity contribution is 0.102. The number of amides is 1. The van der Waals surface area contributed by atoms with Crippen LogP contribution in [0.1, 0.15) is 10.4 Å². The molecule has 3 aromatic rings. The molecule has 8 heteroatoms. The van der Waals surface area contributed by atoms with Gasteiger partial charge in [0.2, 0.25) is 0 Å². The van der Waals surface area contributed by atoms with Crippen LogP contribution in [0.15, 0.2) is 41.6 Å². The van der Waals surface area contributed by atoms with E-state index in [1.807, 2.05) is 12.1 Å². The van der Waals surface area contributed by atoms with Crippen LogP contribution >= 0.6 is 11.3 Å². The first-order chi connectivity index (χ1) is 11.6. The van der Waals surface area contributed by atoms with Gasteiger partial charge >= 0.3 is 0 Å². The lowest BCUT2D eigenvalue weighted by Crippen LogP contribution is -2.11. The van der Waals surface area contributed by atoms with Crippen molar-refractivity contribution in [3.63, 3.8) is 0 Å². The van der Waals surface area contributed by atoms with Gasteiger partial charge in [-0.3, -0.25) is 10.1 Å². The van der Waals surface area contributed by atoms with E-state index in [-0.39, 0.29) is 11.6 Å². The summed E-state index contributed by atoms with van der Waals surface area (Å²) in [4.78, 5) is 27.5. The number of nitrogens with zero attached hydrogens (tertiary/aromatic N) is 2. The second-order valence-electron chi connectivity index (χ2n) is 4.78. The first-order valence-electron chi connectivity index (χ1n) is 6.92. The molecule has 0 aliphatic rings. The Morgan fingerprint density at radius 3 is 2.71 bits per heavy atom. The number of carbonyl (C=O) groups is 1. The van der Waals surface area contributed by atoms with Gasteiger partial charge in [-0.15, -0.1) is 4.91 Å². The zero-order valence-corrected chi connectivity index (χ0v) is 13.7. The molecule has 0 atom stereocenters. The van der Waals surface area contributed by atoms with E-state index < -0.39 is 0 Å². The quantitative estimate of drug-likeness (QED) is 0.708. The molecule has 2 aromatic carbocycles. The van der Waals surface area contributed by atoms with Crippen molar-refractivity contribution in [2.24, 2.45) is 5.18 Å². The van der Waals surface area contributed by atoms with E-state index >= 15 is 0 Å². The van der Waals surface area contributed by atoms with Crippen LogP contribution in [0.2, 0.25) is 0 Å². The van der Waals surface area contributed by atoms with Crippen molar-refractivity contribution < 1.29 is 14.3 Å². The highest BCUT2D eigenvalue weighted by atomic mass is 32.1. The molecule has 122 valence electrons. The molecule has 0 aliphatic heterocycles. The number of anilines is 1. The average molecular weight is 343 g/mol. The Morgan fingerprint density at radius 2 is 2.00 bits per heavy atom. The van der Waals surface area contributed by atoms with Gasteiger partial charge in [-0.2, -0.15) is 0 Å². The third-order valence-corrected chi connectivity index (χ3v) is 4.29. The summed E-state index contributed by atoms with van der Waals surface area (Å²) in [6, 6.07) is 9.93. The zero-order valence-electron chi connectivity index (χ0n) is 12.9. The Labute approximate surface area is 141 Å². The van der Waals surface area contributed by atoms with Crippen molar-refractivity contribution in [3.8, 4) is 11.5 Å². The van der Waals surface area contributed by atoms with Crippen LogP contribution in [0.5, 0.6) is 11.5 Å². The maximum absolute atomic E-state index is 12.3. The van der Waals surface area contributed by atoms with E-state index in [0.717, 1.165) is 16.0 Å². The molecule has 1 N–H and O–H groups in total. The summed E-state index contributed by atoms with van der Waals surface area (Å²) in [5.74, 6) is 0.656. The molecule has 7 nitrogen and oxygen atoms in total. The van der Waals surface area contributed by atoms with Crippen molar-refractivity contribution in [3.05, 3.63) is 46.9 Å². The largest absolute Gasteiger partial charge is 0.497 e. The maximum Gasteiger partial charge on any atom is 0.257 e. The summed E-state index contributed by atoms with van der Waals surface area (Å²) in [7, 11) is 3.02. The predicted molar refractivity (Wildman–Crippen MR) is 92.6 cm³/mol. The summed E-state index contributed by atoms with van der Waals surface area (Å²) in [5.41, 5.74) is 1.13. The van der Waals surface area contributed by atoms with E-state index in [0.29, 0.717) is 16.4 Å². The number of hydrogen-bond donors (Lipinski definition) is 1. The molecule has 1 heterocycles. The molecule has 0 aliphatic carbocycles. The normalized spacial score (nSPS) is 10.4. The number of methoxy groups -OCH3 is 2. The van der Waals surface area contributed by atoms with E-state index in [1.54, 1.807) is 19.2 Å². The average Bonchev–Trinajstić information content (AvgIpc) is 3.02. The number of rotatable bonds is 5. The standard InChI is InChI=1S/C16H13N3O4S/c1-22-10-4-5-11-14(8-10)24-16(17-11)18-15(20)9-3-6-13(23-2)12(7-9)19-21/h3-8H,1-2H3,(H,17,18,20). The van der Waals surface area contributed by atoms with Gasteiger partial charge < -0.3 is 9.47 Å². The number of ether oxygens (including phenoxy) is 2. The van der Waals surface area contributed by atoms with Gasteiger partial charge in [-0.25, -0.2) is 4.98 Å². The number of carbonyl (C=O) groups excluding carboxylic acids is 1. The van der Waals surface area contributed by atoms with Gasteiger partial charge in [0.05, 0.1) is 24.4 Å². The van der Waals surface area contributed by atoms with Crippen molar-refractivity contribution in [1.82, 2.24) is 4.98 Å². The molecule has 0 unspecified atom stereocenters. The highest BCUT2D eigenvalue weighted by molar-refractivity contribution is 7.22. The number of nitroso groups, excluding NO2 is 1. The topological polar surface area (TPSA) is 89.9 Å². The number of fused-ring (bicyclic) bond motifs is 1. The molecule has 1 aromatic heterocycles. The lowest BCUT2D eigenvalue weighted by Gasteiger charge is -2.05. The van der Waals surface area contributed by atoms with E-state index in [2.05, 4.69) is 15.5 Å². The van der Waals surface area contributed by atoms with Crippen LogP contribution in [0.3, 0.4) is 0 Å². The number of nitrogens with one attached hydrogen (secondary N) is 1. The van der Waals surface area contributed by atoms with Crippen LogP contribution in [0, 0.1) is 4.91 Å². The van der Waals surface area contributed by atoms with Crippen LogP contribution in [-0.2, 0) is 0 Å². The number of benzene rings is 2. The van der Waals surface area contributed by atoms with Crippen molar-refractivity contribution >= 4 is 38.3 Å². The Morgan fingerprint density at radius 1 is 1.17 bits per heavy atom. The highest BCUT2D eigenvalue weighted by Gasteiger charge is 2.13. The zero-order chi connectivity index (χ0) is 17.1. The number of aromatic nitrogens is 1. The molecule has 0 radical (unpaired) electrons. The van der Waals surface area contributed by atoms with Crippen molar-refractivity contribution in [2.45, 2.75) is 0 Å². The molecule has 0 fully saturated rings. The summed E-state index contributed by atoms with van der Waals surface area (Å²) in [5, 5.41) is 6.04. The maximum atomic E-state index is 12.3. The Hall–Kier alpha value is -3.00. The van der Waals surface area contributed by atoms with Crippen molar-refractivity contribution in [2.75, 3.05) is 19.5 Å². The first kappa shape index (κ1) is 15.9. The fourth-order valence-electron chi connectivity index (χ4n) is 2.16. The summed E-state index contributed by atoms with van der Waals surface area (Å²) < 4.78 is 11.1. The molecule has 24 heavy (non-hydrogen) atoms. The lowest BCUT2D eigenvalue weighted by atomic mass is 10.2. The predicted octanol–water partition coefficient (Wildman–Crippen LogP) is 3.96. The Bertz CT molecular complexity index is 923. The smallest absolute Gasteiger partial charge is 0.257 e. The second kappa shape index (κ2) is 6.63. The molecular weight excluding hydrogens is 330 g/mol. The number of thiazole rings is 1. The summed E-state index contributed by atoms with van der Waals surface area (Å²) in [6.45, 7) is 0. The molecule has 0 bridgehead atoms.